The molecule has 1 aromatic carbocycles. The SMILES string of the molecule is CC(C)[C@H]1COc2ccccc2CCCCNCC(=O)N1. The highest BCUT2D eigenvalue weighted by Gasteiger charge is 2.18. The van der Waals surface area contributed by atoms with E-state index in [2.05, 4.69) is 36.6 Å². The van der Waals surface area contributed by atoms with Crippen molar-refractivity contribution < 1.29 is 9.53 Å². The first-order valence-corrected chi connectivity index (χ1v) is 7.87. The van der Waals surface area contributed by atoms with Gasteiger partial charge in [-0.2, -0.15) is 0 Å². The number of amides is 1. The lowest BCUT2D eigenvalue weighted by molar-refractivity contribution is -0.121. The molecule has 0 radical (unpaired) electrons. The number of hydrogen-bond acceptors (Lipinski definition) is 3. The first-order valence-electron chi connectivity index (χ1n) is 7.87. The predicted molar refractivity (Wildman–Crippen MR) is 84.5 cm³/mol. The van der Waals surface area contributed by atoms with Crippen LogP contribution in [0.1, 0.15) is 32.3 Å². The van der Waals surface area contributed by atoms with Crippen molar-refractivity contribution in [3.05, 3.63) is 29.8 Å². The molecule has 0 saturated carbocycles. The molecule has 1 atom stereocenters. The number of para-hydroxylation sites is 1. The van der Waals surface area contributed by atoms with Crippen LogP contribution >= 0.6 is 0 Å². The predicted octanol–water partition coefficient (Wildman–Crippen LogP) is 2.13. The summed E-state index contributed by atoms with van der Waals surface area (Å²) in [6.07, 6.45) is 3.18. The number of carbonyl (C=O) groups excluding carboxylic acids is 1. The van der Waals surface area contributed by atoms with Crippen LogP contribution in [0.25, 0.3) is 0 Å². The van der Waals surface area contributed by atoms with E-state index in [1.165, 1.54) is 5.56 Å². The maximum absolute atomic E-state index is 11.9. The molecule has 4 nitrogen and oxygen atoms in total. The fourth-order valence-electron chi connectivity index (χ4n) is 2.46. The zero-order valence-corrected chi connectivity index (χ0v) is 13.0. The molecule has 1 aliphatic rings. The van der Waals surface area contributed by atoms with Crippen molar-refractivity contribution >= 4 is 5.91 Å². The number of hydrogen-bond donors (Lipinski definition) is 2. The van der Waals surface area contributed by atoms with Crippen LogP contribution in [0.2, 0.25) is 0 Å². The number of carbonyl (C=O) groups is 1. The first kappa shape index (κ1) is 15.8. The van der Waals surface area contributed by atoms with E-state index in [1.54, 1.807) is 0 Å². The van der Waals surface area contributed by atoms with Gasteiger partial charge in [0.1, 0.15) is 12.4 Å². The molecule has 0 aliphatic carbocycles. The summed E-state index contributed by atoms with van der Waals surface area (Å²) in [5, 5.41) is 6.26. The Bertz CT molecular complexity index is 460. The molecule has 1 heterocycles. The molecule has 2 rings (SSSR count). The molecule has 4 heteroatoms. The van der Waals surface area contributed by atoms with Crippen LogP contribution < -0.4 is 15.4 Å². The number of ether oxygens (including phenoxy) is 1. The van der Waals surface area contributed by atoms with Gasteiger partial charge in [-0.15, -0.1) is 0 Å². The van der Waals surface area contributed by atoms with Crippen molar-refractivity contribution in [2.75, 3.05) is 19.7 Å². The van der Waals surface area contributed by atoms with Gasteiger partial charge in [0.15, 0.2) is 0 Å². The fraction of sp³-hybridized carbons (Fsp3) is 0.588. The summed E-state index contributed by atoms with van der Waals surface area (Å²) < 4.78 is 5.99. The second kappa shape index (κ2) is 8.03. The van der Waals surface area contributed by atoms with E-state index >= 15 is 0 Å². The fourth-order valence-corrected chi connectivity index (χ4v) is 2.46. The maximum Gasteiger partial charge on any atom is 0.234 e. The van der Waals surface area contributed by atoms with Gasteiger partial charge in [0, 0.05) is 0 Å². The maximum atomic E-state index is 11.9. The molecule has 0 spiro atoms. The van der Waals surface area contributed by atoms with Gasteiger partial charge < -0.3 is 15.4 Å². The number of fused-ring (bicyclic) bond motifs is 1. The third kappa shape index (κ3) is 5.05. The van der Waals surface area contributed by atoms with Gasteiger partial charge in [0.05, 0.1) is 12.6 Å². The molecular formula is C17H26N2O2. The Kier molecular flexibility index (Phi) is 6.05. The van der Waals surface area contributed by atoms with E-state index in [9.17, 15) is 4.79 Å². The summed E-state index contributed by atoms with van der Waals surface area (Å²) in [6.45, 7) is 5.98. The van der Waals surface area contributed by atoms with Crippen LogP contribution in [0.5, 0.6) is 5.75 Å². The van der Waals surface area contributed by atoms with Gasteiger partial charge >= 0.3 is 0 Å². The molecule has 0 fully saturated rings. The van der Waals surface area contributed by atoms with Gasteiger partial charge in [0.2, 0.25) is 5.91 Å². The smallest absolute Gasteiger partial charge is 0.234 e. The molecule has 0 aromatic heterocycles. The van der Waals surface area contributed by atoms with Crippen molar-refractivity contribution in [3.63, 3.8) is 0 Å². The average molecular weight is 290 g/mol. The van der Waals surface area contributed by atoms with Crippen molar-refractivity contribution in [2.45, 2.75) is 39.2 Å². The standard InChI is InChI=1S/C17H26N2O2/c1-13(2)15-12-21-16-9-4-3-7-14(16)8-5-6-10-18-11-17(20)19-15/h3-4,7,9,13,15,18H,5-6,8,10-12H2,1-2H3,(H,19,20)/t15-/m1/s1. The summed E-state index contributed by atoms with van der Waals surface area (Å²) >= 11 is 0. The third-order valence-electron chi connectivity index (χ3n) is 3.88. The normalized spacial score (nSPS) is 21.3. The van der Waals surface area contributed by atoms with Gasteiger partial charge in [-0.25, -0.2) is 0 Å². The molecular weight excluding hydrogens is 264 g/mol. The number of benzene rings is 1. The molecule has 1 aromatic rings. The van der Waals surface area contributed by atoms with Crippen molar-refractivity contribution in [1.29, 1.82) is 0 Å². The lowest BCUT2D eigenvalue weighted by atomic mass is 10.0. The lowest BCUT2D eigenvalue weighted by Crippen LogP contribution is -2.46. The zero-order valence-electron chi connectivity index (χ0n) is 13.0. The third-order valence-corrected chi connectivity index (χ3v) is 3.88. The van der Waals surface area contributed by atoms with Gasteiger partial charge in [-0.1, -0.05) is 32.0 Å². The van der Waals surface area contributed by atoms with E-state index in [0.29, 0.717) is 19.1 Å². The van der Waals surface area contributed by atoms with Gasteiger partial charge in [-0.3, -0.25) is 4.79 Å². The van der Waals surface area contributed by atoms with Crippen LogP contribution in [-0.4, -0.2) is 31.6 Å². The summed E-state index contributed by atoms with van der Waals surface area (Å²) in [6, 6.07) is 8.24. The monoisotopic (exact) mass is 290 g/mol. The zero-order chi connectivity index (χ0) is 15.1. The second-order valence-corrected chi connectivity index (χ2v) is 5.97. The lowest BCUT2D eigenvalue weighted by Gasteiger charge is -2.23. The number of nitrogens with one attached hydrogen (secondary N) is 2. The summed E-state index contributed by atoms with van der Waals surface area (Å²) in [7, 11) is 0. The minimum atomic E-state index is 0.0353. The Hall–Kier alpha value is -1.55. The molecule has 21 heavy (non-hydrogen) atoms. The highest BCUT2D eigenvalue weighted by molar-refractivity contribution is 5.78. The van der Waals surface area contributed by atoms with Gasteiger partial charge in [-0.05, 0) is 43.4 Å². The molecule has 116 valence electrons. The number of rotatable bonds is 1. The highest BCUT2D eigenvalue weighted by atomic mass is 16.5. The Morgan fingerprint density at radius 2 is 2.05 bits per heavy atom. The van der Waals surface area contributed by atoms with Crippen LogP contribution in [0.15, 0.2) is 24.3 Å². The molecule has 1 amide bonds. The van der Waals surface area contributed by atoms with E-state index in [4.69, 9.17) is 4.74 Å². The molecule has 0 bridgehead atoms. The van der Waals surface area contributed by atoms with E-state index < -0.39 is 0 Å². The summed E-state index contributed by atoms with van der Waals surface area (Å²) in [5.41, 5.74) is 1.26. The van der Waals surface area contributed by atoms with E-state index in [-0.39, 0.29) is 11.9 Å². The molecule has 0 saturated heterocycles. The van der Waals surface area contributed by atoms with Crippen molar-refractivity contribution in [2.24, 2.45) is 5.92 Å². The summed E-state index contributed by atoms with van der Waals surface area (Å²) in [4.78, 5) is 11.9. The quantitative estimate of drug-likeness (QED) is 0.833. The summed E-state index contributed by atoms with van der Waals surface area (Å²) in [5.74, 6) is 1.33. The van der Waals surface area contributed by atoms with Crippen LogP contribution in [0, 0.1) is 5.92 Å². The second-order valence-electron chi connectivity index (χ2n) is 5.97. The van der Waals surface area contributed by atoms with E-state index in [0.717, 1.165) is 31.6 Å². The topological polar surface area (TPSA) is 50.4 Å². The van der Waals surface area contributed by atoms with Crippen molar-refractivity contribution in [3.8, 4) is 5.75 Å². The number of aryl methyl sites for hydroxylation is 1. The van der Waals surface area contributed by atoms with Gasteiger partial charge in [0.25, 0.3) is 0 Å². The Morgan fingerprint density at radius 3 is 2.86 bits per heavy atom. The minimum absolute atomic E-state index is 0.0353. The Labute approximate surface area is 127 Å². The van der Waals surface area contributed by atoms with Crippen LogP contribution in [0.4, 0.5) is 0 Å². The minimum Gasteiger partial charge on any atom is -0.491 e. The van der Waals surface area contributed by atoms with Crippen LogP contribution in [0.3, 0.4) is 0 Å². The largest absolute Gasteiger partial charge is 0.491 e. The molecule has 1 aliphatic heterocycles. The van der Waals surface area contributed by atoms with Crippen LogP contribution in [-0.2, 0) is 11.2 Å². The molecule has 0 unspecified atom stereocenters. The Morgan fingerprint density at radius 1 is 1.24 bits per heavy atom. The first-order chi connectivity index (χ1) is 10.2. The molecule has 2 N–H and O–H groups in total. The average Bonchev–Trinajstić information content (AvgIpc) is 2.48. The van der Waals surface area contributed by atoms with E-state index in [1.807, 2.05) is 12.1 Å². The Balaban J connectivity index is 2.11. The highest BCUT2D eigenvalue weighted by Crippen LogP contribution is 2.21. The van der Waals surface area contributed by atoms with Crippen molar-refractivity contribution in [1.82, 2.24) is 10.6 Å².